The van der Waals surface area contributed by atoms with Gasteiger partial charge in [-0.15, -0.1) is 0 Å². The number of urea groups is 1. The molecule has 2 amide bonds. The zero-order valence-corrected chi connectivity index (χ0v) is 12.5. The van der Waals surface area contributed by atoms with Crippen LogP contribution < -0.4 is 10.6 Å². The molecule has 0 bridgehead atoms. The number of pyridine rings is 1. The largest absolute Gasteiger partial charge is 0.334 e. The summed E-state index contributed by atoms with van der Waals surface area (Å²) >= 11 is 0. The molecule has 6 nitrogen and oxygen atoms in total. The van der Waals surface area contributed by atoms with Gasteiger partial charge in [-0.3, -0.25) is 4.98 Å². The van der Waals surface area contributed by atoms with Crippen molar-refractivity contribution in [2.45, 2.75) is 13.1 Å². The highest BCUT2D eigenvalue weighted by Crippen LogP contribution is 2.13. The van der Waals surface area contributed by atoms with Gasteiger partial charge in [0.25, 0.3) is 0 Å². The van der Waals surface area contributed by atoms with Gasteiger partial charge in [0.15, 0.2) is 0 Å². The van der Waals surface area contributed by atoms with Gasteiger partial charge in [-0.25, -0.2) is 9.78 Å². The average Bonchev–Trinajstić information content (AvgIpc) is 3.14. The Morgan fingerprint density at radius 3 is 2.52 bits per heavy atom. The van der Waals surface area contributed by atoms with Crippen LogP contribution in [0.4, 0.5) is 4.79 Å². The third kappa shape index (κ3) is 3.94. The Hall–Kier alpha value is -3.15. The van der Waals surface area contributed by atoms with Gasteiger partial charge in [-0.05, 0) is 29.3 Å². The van der Waals surface area contributed by atoms with Crippen LogP contribution in [0.25, 0.3) is 5.69 Å². The molecule has 0 saturated carbocycles. The molecule has 0 aliphatic rings. The van der Waals surface area contributed by atoms with Crippen LogP contribution in [-0.2, 0) is 13.1 Å². The first-order valence-electron chi connectivity index (χ1n) is 7.30. The molecular formula is C17H17N5O. The van der Waals surface area contributed by atoms with Gasteiger partial charge in [0, 0.05) is 37.9 Å². The van der Waals surface area contributed by atoms with Crippen LogP contribution in [0.1, 0.15) is 11.1 Å². The van der Waals surface area contributed by atoms with Gasteiger partial charge in [-0.2, -0.15) is 0 Å². The molecule has 0 aliphatic heterocycles. The molecule has 1 aromatic carbocycles. The molecule has 3 aromatic rings. The van der Waals surface area contributed by atoms with E-state index in [-0.39, 0.29) is 6.03 Å². The fraction of sp³-hybridized carbons (Fsp3) is 0.118. The highest BCUT2D eigenvalue weighted by atomic mass is 16.2. The maximum Gasteiger partial charge on any atom is 0.315 e. The van der Waals surface area contributed by atoms with E-state index >= 15 is 0 Å². The van der Waals surface area contributed by atoms with E-state index in [4.69, 9.17) is 0 Å². The molecule has 0 fully saturated rings. The van der Waals surface area contributed by atoms with Crippen LogP contribution in [0.2, 0.25) is 0 Å². The van der Waals surface area contributed by atoms with Crippen molar-refractivity contribution in [3.8, 4) is 5.69 Å². The van der Waals surface area contributed by atoms with Gasteiger partial charge < -0.3 is 15.2 Å². The summed E-state index contributed by atoms with van der Waals surface area (Å²) in [4.78, 5) is 19.9. The Labute approximate surface area is 134 Å². The molecular weight excluding hydrogens is 290 g/mol. The Kier molecular flexibility index (Phi) is 4.63. The van der Waals surface area contributed by atoms with Crippen molar-refractivity contribution in [3.05, 3.63) is 78.6 Å². The van der Waals surface area contributed by atoms with Gasteiger partial charge in [0.05, 0.1) is 12.0 Å². The van der Waals surface area contributed by atoms with Crippen molar-refractivity contribution in [1.82, 2.24) is 25.2 Å². The molecule has 6 heteroatoms. The van der Waals surface area contributed by atoms with E-state index in [1.165, 1.54) is 0 Å². The number of benzene rings is 1. The highest BCUT2D eigenvalue weighted by Gasteiger charge is 2.05. The van der Waals surface area contributed by atoms with Crippen molar-refractivity contribution in [2.24, 2.45) is 0 Å². The molecule has 2 heterocycles. The first-order valence-corrected chi connectivity index (χ1v) is 7.30. The lowest BCUT2D eigenvalue weighted by Crippen LogP contribution is -2.34. The van der Waals surface area contributed by atoms with Gasteiger partial charge >= 0.3 is 6.03 Å². The Morgan fingerprint density at radius 1 is 0.957 bits per heavy atom. The van der Waals surface area contributed by atoms with Gasteiger partial charge in [0.1, 0.15) is 0 Å². The number of hydrogen-bond donors (Lipinski definition) is 2. The normalized spacial score (nSPS) is 10.3. The molecule has 2 N–H and O–H groups in total. The summed E-state index contributed by atoms with van der Waals surface area (Å²) in [6.45, 7) is 0.911. The number of nitrogens with zero attached hydrogens (tertiary/aromatic N) is 3. The molecule has 0 spiro atoms. The lowest BCUT2D eigenvalue weighted by molar-refractivity contribution is 0.240. The minimum Gasteiger partial charge on any atom is -0.334 e. The summed E-state index contributed by atoms with van der Waals surface area (Å²) in [5, 5.41) is 5.70. The van der Waals surface area contributed by atoms with Crippen LogP contribution in [0.15, 0.2) is 67.5 Å². The van der Waals surface area contributed by atoms with Crippen LogP contribution in [0.3, 0.4) is 0 Å². The van der Waals surface area contributed by atoms with E-state index in [0.29, 0.717) is 13.1 Å². The number of rotatable bonds is 5. The maximum absolute atomic E-state index is 11.9. The molecule has 0 unspecified atom stereocenters. The number of imidazole rings is 1. The first kappa shape index (κ1) is 14.8. The fourth-order valence-corrected chi connectivity index (χ4v) is 2.23. The van der Waals surface area contributed by atoms with Crippen LogP contribution in [0.5, 0.6) is 0 Å². The molecule has 116 valence electrons. The molecule has 0 aliphatic carbocycles. The predicted octanol–water partition coefficient (Wildman–Crippen LogP) is 2.27. The summed E-state index contributed by atoms with van der Waals surface area (Å²) in [6, 6.07) is 11.4. The van der Waals surface area contributed by atoms with Crippen LogP contribution >= 0.6 is 0 Å². The van der Waals surface area contributed by atoms with Crippen molar-refractivity contribution in [2.75, 3.05) is 0 Å². The van der Waals surface area contributed by atoms with Gasteiger partial charge in [0.2, 0.25) is 0 Å². The summed E-state index contributed by atoms with van der Waals surface area (Å²) in [7, 11) is 0. The number of carbonyl (C=O) groups excluding carboxylic acids is 1. The molecule has 0 radical (unpaired) electrons. The van der Waals surface area contributed by atoms with E-state index in [1.807, 2.05) is 47.2 Å². The topological polar surface area (TPSA) is 71.8 Å². The lowest BCUT2D eigenvalue weighted by atomic mass is 10.1. The second-order valence-corrected chi connectivity index (χ2v) is 4.99. The van der Waals surface area contributed by atoms with E-state index in [9.17, 15) is 4.79 Å². The zero-order chi connectivity index (χ0) is 15.9. The molecule has 0 saturated heterocycles. The second kappa shape index (κ2) is 7.22. The smallest absolute Gasteiger partial charge is 0.315 e. The monoisotopic (exact) mass is 307 g/mol. The Bertz CT molecular complexity index is 756. The Balaban J connectivity index is 1.57. The van der Waals surface area contributed by atoms with E-state index < -0.39 is 0 Å². The number of amides is 2. The second-order valence-electron chi connectivity index (χ2n) is 4.99. The summed E-state index contributed by atoms with van der Waals surface area (Å²) in [5.41, 5.74) is 3.03. The van der Waals surface area contributed by atoms with Crippen LogP contribution in [0, 0.1) is 0 Å². The van der Waals surface area contributed by atoms with Crippen LogP contribution in [-0.4, -0.2) is 20.6 Å². The van der Waals surface area contributed by atoms with Crippen molar-refractivity contribution in [1.29, 1.82) is 0 Å². The number of hydrogen-bond acceptors (Lipinski definition) is 3. The zero-order valence-electron chi connectivity index (χ0n) is 12.5. The third-order valence-electron chi connectivity index (χ3n) is 3.42. The lowest BCUT2D eigenvalue weighted by Gasteiger charge is -2.12. The van der Waals surface area contributed by atoms with Crippen molar-refractivity contribution < 1.29 is 4.79 Å². The average molecular weight is 307 g/mol. The fourth-order valence-electron chi connectivity index (χ4n) is 2.23. The summed E-state index contributed by atoms with van der Waals surface area (Å²) in [6.07, 6.45) is 8.75. The van der Waals surface area contributed by atoms with E-state index in [1.54, 1.807) is 24.9 Å². The van der Waals surface area contributed by atoms with Crippen molar-refractivity contribution >= 4 is 6.03 Å². The highest BCUT2D eigenvalue weighted by molar-refractivity contribution is 5.74. The molecule has 2 aromatic heterocycles. The Morgan fingerprint density at radius 2 is 1.74 bits per heavy atom. The number of nitrogens with one attached hydrogen (secondary N) is 2. The molecule has 3 rings (SSSR count). The molecule has 23 heavy (non-hydrogen) atoms. The molecule has 0 atom stereocenters. The third-order valence-corrected chi connectivity index (χ3v) is 3.42. The SMILES string of the molecule is O=C(NCc1ccncc1)NCc1ccccc1-n1ccnc1. The van der Waals surface area contributed by atoms with E-state index in [0.717, 1.165) is 16.8 Å². The maximum atomic E-state index is 11.9. The van der Waals surface area contributed by atoms with E-state index in [2.05, 4.69) is 20.6 Å². The number of carbonyl (C=O) groups is 1. The number of aromatic nitrogens is 3. The standard InChI is InChI=1S/C17H17N5O/c23-17(20-11-14-5-7-18-8-6-14)21-12-15-3-1-2-4-16(15)22-10-9-19-13-22/h1-10,13H,11-12H2,(H2,20,21,23). The van der Waals surface area contributed by atoms with Crippen molar-refractivity contribution in [3.63, 3.8) is 0 Å². The van der Waals surface area contributed by atoms with Gasteiger partial charge in [-0.1, -0.05) is 18.2 Å². The number of para-hydroxylation sites is 1. The summed E-state index contributed by atoms with van der Waals surface area (Å²) < 4.78 is 1.92. The quantitative estimate of drug-likeness (QED) is 0.759. The minimum absolute atomic E-state index is 0.206. The first-order chi connectivity index (χ1) is 11.3. The minimum atomic E-state index is -0.206. The summed E-state index contributed by atoms with van der Waals surface area (Å²) in [5.74, 6) is 0. The predicted molar refractivity (Wildman–Crippen MR) is 86.9 cm³/mol.